The van der Waals surface area contributed by atoms with Crippen LogP contribution < -0.4 is 5.73 Å². The van der Waals surface area contributed by atoms with E-state index in [2.05, 4.69) is 65.6 Å². The first-order valence-corrected chi connectivity index (χ1v) is 8.49. The van der Waals surface area contributed by atoms with Crippen molar-refractivity contribution in [2.45, 2.75) is 25.2 Å². The molecule has 1 saturated heterocycles. The fourth-order valence-corrected chi connectivity index (χ4v) is 3.18. The Morgan fingerprint density at radius 2 is 1.39 bits per heavy atom. The van der Waals surface area contributed by atoms with Crippen molar-refractivity contribution in [3.63, 3.8) is 0 Å². The Labute approximate surface area is 138 Å². The van der Waals surface area contributed by atoms with Gasteiger partial charge in [0.25, 0.3) is 0 Å². The standard InChI is InChI=1S/C20H25N3/c21-20(23-14-8-3-9-15-23)22-16-19(17-10-4-1-5-11-17)18-12-6-2-7-13-18/h1-2,4-7,10-13,19H,3,8-9,14-16H2,(H2,21,22). The maximum Gasteiger partial charge on any atom is 0.191 e. The van der Waals surface area contributed by atoms with Crippen LogP contribution in [0.15, 0.2) is 65.7 Å². The molecule has 0 unspecified atom stereocenters. The van der Waals surface area contributed by atoms with Gasteiger partial charge in [-0.05, 0) is 30.4 Å². The fourth-order valence-electron chi connectivity index (χ4n) is 3.18. The molecule has 3 heteroatoms. The molecule has 0 amide bonds. The maximum atomic E-state index is 6.23. The van der Waals surface area contributed by atoms with Gasteiger partial charge in [0.05, 0.1) is 6.54 Å². The van der Waals surface area contributed by atoms with Gasteiger partial charge in [-0.3, -0.25) is 4.99 Å². The van der Waals surface area contributed by atoms with Crippen molar-refractivity contribution in [1.82, 2.24) is 4.90 Å². The number of guanidine groups is 1. The van der Waals surface area contributed by atoms with Crippen LogP contribution in [0.4, 0.5) is 0 Å². The van der Waals surface area contributed by atoms with E-state index < -0.39 is 0 Å². The summed E-state index contributed by atoms with van der Waals surface area (Å²) < 4.78 is 0. The number of rotatable bonds is 4. The number of hydrogen-bond donors (Lipinski definition) is 1. The molecule has 1 heterocycles. The quantitative estimate of drug-likeness (QED) is 0.692. The average molecular weight is 307 g/mol. The van der Waals surface area contributed by atoms with E-state index in [0.717, 1.165) is 13.1 Å². The van der Waals surface area contributed by atoms with Crippen LogP contribution in [0.1, 0.15) is 36.3 Å². The van der Waals surface area contributed by atoms with E-state index >= 15 is 0 Å². The summed E-state index contributed by atoms with van der Waals surface area (Å²) in [6.45, 7) is 2.77. The Bertz CT molecular complexity index is 576. The molecular formula is C20H25N3. The SMILES string of the molecule is NC(=NCC(c1ccccc1)c1ccccc1)N1CCCCC1. The fraction of sp³-hybridized carbons (Fsp3) is 0.350. The third kappa shape index (κ3) is 4.13. The van der Waals surface area contributed by atoms with Gasteiger partial charge in [0.1, 0.15) is 0 Å². The first kappa shape index (κ1) is 15.6. The third-order valence-corrected chi connectivity index (χ3v) is 4.52. The van der Waals surface area contributed by atoms with Crippen molar-refractivity contribution >= 4 is 5.96 Å². The number of likely N-dealkylation sites (tertiary alicyclic amines) is 1. The summed E-state index contributed by atoms with van der Waals surface area (Å²) in [6, 6.07) is 21.1. The Morgan fingerprint density at radius 3 is 1.91 bits per heavy atom. The minimum absolute atomic E-state index is 0.251. The number of nitrogens with two attached hydrogens (primary N) is 1. The van der Waals surface area contributed by atoms with Crippen LogP contribution in [0.3, 0.4) is 0 Å². The van der Waals surface area contributed by atoms with Crippen LogP contribution >= 0.6 is 0 Å². The highest BCUT2D eigenvalue weighted by molar-refractivity contribution is 5.78. The maximum absolute atomic E-state index is 6.23. The van der Waals surface area contributed by atoms with Crippen molar-refractivity contribution in [2.24, 2.45) is 10.7 Å². The molecule has 3 rings (SSSR count). The van der Waals surface area contributed by atoms with E-state index in [9.17, 15) is 0 Å². The number of benzene rings is 2. The van der Waals surface area contributed by atoms with Gasteiger partial charge in [0, 0.05) is 19.0 Å². The van der Waals surface area contributed by atoms with Crippen LogP contribution in [-0.2, 0) is 0 Å². The minimum atomic E-state index is 0.251. The molecule has 0 atom stereocenters. The first-order chi connectivity index (χ1) is 11.3. The zero-order valence-corrected chi connectivity index (χ0v) is 13.6. The van der Waals surface area contributed by atoms with E-state index in [1.165, 1.54) is 30.4 Å². The van der Waals surface area contributed by atoms with E-state index in [1.54, 1.807) is 0 Å². The Hall–Kier alpha value is -2.29. The molecule has 0 spiro atoms. The van der Waals surface area contributed by atoms with Gasteiger partial charge in [0.15, 0.2) is 5.96 Å². The molecule has 2 N–H and O–H groups in total. The van der Waals surface area contributed by atoms with Gasteiger partial charge >= 0.3 is 0 Å². The molecular weight excluding hydrogens is 282 g/mol. The lowest BCUT2D eigenvalue weighted by Crippen LogP contribution is -2.41. The van der Waals surface area contributed by atoms with Crippen molar-refractivity contribution in [1.29, 1.82) is 0 Å². The zero-order chi connectivity index (χ0) is 15.9. The summed E-state index contributed by atoms with van der Waals surface area (Å²) in [5.41, 5.74) is 8.80. The second-order valence-corrected chi connectivity index (χ2v) is 6.12. The van der Waals surface area contributed by atoms with Gasteiger partial charge < -0.3 is 10.6 Å². The van der Waals surface area contributed by atoms with Crippen LogP contribution in [0, 0.1) is 0 Å². The van der Waals surface area contributed by atoms with Crippen molar-refractivity contribution in [2.75, 3.05) is 19.6 Å². The second kappa shape index (κ2) is 7.82. The molecule has 2 aromatic rings. The van der Waals surface area contributed by atoms with Gasteiger partial charge in [-0.25, -0.2) is 0 Å². The number of aliphatic imine (C=N–C) groups is 1. The third-order valence-electron chi connectivity index (χ3n) is 4.52. The van der Waals surface area contributed by atoms with E-state index in [1.807, 2.05) is 0 Å². The monoisotopic (exact) mass is 307 g/mol. The molecule has 0 aliphatic carbocycles. The minimum Gasteiger partial charge on any atom is -0.370 e. The number of hydrogen-bond acceptors (Lipinski definition) is 1. The van der Waals surface area contributed by atoms with E-state index in [-0.39, 0.29) is 5.92 Å². The Kier molecular flexibility index (Phi) is 5.30. The number of piperidine rings is 1. The molecule has 1 fully saturated rings. The molecule has 120 valence electrons. The molecule has 1 aliphatic rings. The highest BCUT2D eigenvalue weighted by Crippen LogP contribution is 2.24. The van der Waals surface area contributed by atoms with E-state index in [0.29, 0.717) is 12.5 Å². The highest BCUT2D eigenvalue weighted by Gasteiger charge is 2.16. The predicted molar refractivity (Wildman–Crippen MR) is 96.6 cm³/mol. The highest BCUT2D eigenvalue weighted by atomic mass is 15.2. The number of nitrogens with zero attached hydrogens (tertiary/aromatic N) is 2. The van der Waals surface area contributed by atoms with Crippen LogP contribution in [0.25, 0.3) is 0 Å². The topological polar surface area (TPSA) is 41.6 Å². The average Bonchev–Trinajstić information content (AvgIpc) is 2.64. The molecule has 0 saturated carbocycles. The van der Waals surface area contributed by atoms with Crippen LogP contribution in [-0.4, -0.2) is 30.5 Å². The first-order valence-electron chi connectivity index (χ1n) is 8.49. The Balaban J connectivity index is 1.79. The lowest BCUT2D eigenvalue weighted by molar-refractivity contribution is 0.338. The lowest BCUT2D eigenvalue weighted by atomic mass is 9.91. The molecule has 2 aromatic carbocycles. The largest absolute Gasteiger partial charge is 0.370 e. The van der Waals surface area contributed by atoms with Gasteiger partial charge in [0.2, 0.25) is 0 Å². The van der Waals surface area contributed by atoms with Gasteiger partial charge in [-0.2, -0.15) is 0 Å². The van der Waals surface area contributed by atoms with Crippen molar-refractivity contribution in [3.05, 3.63) is 71.8 Å². The summed E-state index contributed by atoms with van der Waals surface area (Å²) >= 11 is 0. The Morgan fingerprint density at radius 1 is 0.870 bits per heavy atom. The lowest BCUT2D eigenvalue weighted by Gasteiger charge is -2.28. The van der Waals surface area contributed by atoms with Gasteiger partial charge in [-0.15, -0.1) is 0 Å². The molecule has 0 aromatic heterocycles. The molecule has 3 nitrogen and oxygen atoms in total. The summed E-state index contributed by atoms with van der Waals surface area (Å²) in [4.78, 5) is 6.94. The van der Waals surface area contributed by atoms with Crippen LogP contribution in [0.2, 0.25) is 0 Å². The normalized spacial score (nSPS) is 15.9. The second-order valence-electron chi connectivity index (χ2n) is 6.12. The van der Waals surface area contributed by atoms with Crippen molar-refractivity contribution < 1.29 is 0 Å². The summed E-state index contributed by atoms with van der Waals surface area (Å²) in [6.07, 6.45) is 3.74. The zero-order valence-electron chi connectivity index (χ0n) is 13.6. The molecule has 0 bridgehead atoms. The van der Waals surface area contributed by atoms with Gasteiger partial charge in [-0.1, -0.05) is 60.7 Å². The summed E-state index contributed by atoms with van der Waals surface area (Å²) in [7, 11) is 0. The summed E-state index contributed by atoms with van der Waals surface area (Å²) in [5, 5.41) is 0. The smallest absolute Gasteiger partial charge is 0.191 e. The van der Waals surface area contributed by atoms with E-state index in [4.69, 9.17) is 10.7 Å². The molecule has 1 aliphatic heterocycles. The molecule has 23 heavy (non-hydrogen) atoms. The molecule has 0 radical (unpaired) electrons. The van der Waals surface area contributed by atoms with Crippen LogP contribution in [0.5, 0.6) is 0 Å². The predicted octanol–water partition coefficient (Wildman–Crippen LogP) is 3.62. The summed E-state index contributed by atoms with van der Waals surface area (Å²) in [5.74, 6) is 0.947. The van der Waals surface area contributed by atoms with Crippen molar-refractivity contribution in [3.8, 4) is 0 Å².